The first-order chi connectivity index (χ1) is 11.1. The van der Waals surface area contributed by atoms with Crippen LogP contribution in [-0.2, 0) is 0 Å². The number of aliphatic imine (C=N–C) groups is 1. The lowest BCUT2D eigenvalue weighted by Crippen LogP contribution is -2.71. The van der Waals surface area contributed by atoms with E-state index in [0.29, 0.717) is 16.2 Å². The van der Waals surface area contributed by atoms with Gasteiger partial charge in [0, 0.05) is 11.1 Å². The zero-order valence-corrected chi connectivity index (χ0v) is 15.1. The molecule has 0 bridgehead atoms. The van der Waals surface area contributed by atoms with E-state index in [1.54, 1.807) is 12.0 Å². The van der Waals surface area contributed by atoms with Crippen molar-refractivity contribution in [1.82, 2.24) is 0 Å². The quantitative estimate of drug-likeness (QED) is 0.608. The van der Waals surface area contributed by atoms with Gasteiger partial charge in [-0.25, -0.2) is 0 Å². The smallest absolute Gasteiger partial charge is 0.0546 e. The molecule has 7 unspecified atom stereocenters. The van der Waals surface area contributed by atoms with E-state index in [9.17, 15) is 0 Å². The van der Waals surface area contributed by atoms with E-state index in [-0.39, 0.29) is 0 Å². The Morgan fingerprint density at radius 3 is 2.61 bits per heavy atom. The van der Waals surface area contributed by atoms with Crippen molar-refractivity contribution >= 4 is 5.71 Å². The van der Waals surface area contributed by atoms with E-state index in [1.165, 1.54) is 42.7 Å². The van der Waals surface area contributed by atoms with Gasteiger partial charge >= 0.3 is 0 Å². The first kappa shape index (κ1) is 13.4. The van der Waals surface area contributed by atoms with Gasteiger partial charge < -0.3 is 0 Å². The topological polar surface area (TPSA) is 12.4 Å². The third-order valence-corrected chi connectivity index (χ3v) is 9.58. The fourth-order valence-electron chi connectivity index (χ4n) is 9.09. The third-order valence-electron chi connectivity index (χ3n) is 9.58. The van der Waals surface area contributed by atoms with Gasteiger partial charge in [-0.15, -0.1) is 0 Å². The third kappa shape index (κ3) is 0.894. The van der Waals surface area contributed by atoms with Crippen molar-refractivity contribution in [2.24, 2.45) is 44.9 Å². The van der Waals surface area contributed by atoms with E-state index < -0.39 is 0 Å². The molecule has 3 spiro atoms. The Hall–Kier alpha value is -0.850. The Balaban J connectivity index is 1.56. The molecule has 0 aromatic heterocycles. The normalized spacial score (nSPS) is 57.2. The molecule has 0 heterocycles. The van der Waals surface area contributed by atoms with E-state index >= 15 is 0 Å². The molecule has 1 heteroatoms. The van der Waals surface area contributed by atoms with E-state index in [4.69, 9.17) is 4.99 Å². The van der Waals surface area contributed by atoms with Crippen LogP contribution in [0.5, 0.6) is 0 Å². The summed E-state index contributed by atoms with van der Waals surface area (Å²) in [4.78, 5) is 5.28. The van der Waals surface area contributed by atoms with Gasteiger partial charge in [-0.3, -0.25) is 4.99 Å². The molecule has 0 aromatic carbocycles. The summed E-state index contributed by atoms with van der Waals surface area (Å²) < 4.78 is 0. The van der Waals surface area contributed by atoms with Gasteiger partial charge in [-0.05, 0) is 92.4 Å². The van der Waals surface area contributed by atoms with Crippen LogP contribution >= 0.6 is 0 Å². The number of fused-ring (bicyclic) bond motifs is 3. The molecule has 6 aliphatic carbocycles. The molecule has 1 nitrogen and oxygen atoms in total. The Morgan fingerprint density at radius 1 is 1.22 bits per heavy atom. The summed E-state index contributed by atoms with van der Waals surface area (Å²) in [6.45, 7) is 9.23. The Morgan fingerprint density at radius 2 is 2.04 bits per heavy atom. The monoisotopic (exact) mass is 307 g/mol. The molecule has 7 atom stereocenters. The minimum atomic E-state index is 0.407. The van der Waals surface area contributed by atoms with Crippen LogP contribution in [0.15, 0.2) is 27.9 Å². The first-order valence-corrected chi connectivity index (χ1v) is 10.1. The Bertz CT molecular complexity index is 739. The summed E-state index contributed by atoms with van der Waals surface area (Å²) in [6.07, 6.45) is 11.0. The maximum atomic E-state index is 5.28. The van der Waals surface area contributed by atoms with Crippen molar-refractivity contribution < 1.29 is 0 Å². The van der Waals surface area contributed by atoms with Crippen molar-refractivity contribution in [3.05, 3.63) is 22.9 Å². The summed E-state index contributed by atoms with van der Waals surface area (Å²) in [5, 5.41) is 0. The highest BCUT2D eigenvalue weighted by atomic mass is 15.1. The molecule has 0 radical (unpaired) electrons. The summed E-state index contributed by atoms with van der Waals surface area (Å²) in [6, 6.07) is 0. The van der Waals surface area contributed by atoms with Crippen LogP contribution in [0.25, 0.3) is 0 Å². The molecule has 23 heavy (non-hydrogen) atoms. The van der Waals surface area contributed by atoms with Crippen molar-refractivity contribution in [3.8, 4) is 0 Å². The maximum Gasteiger partial charge on any atom is 0.0546 e. The number of allylic oxidation sites excluding steroid dienone is 3. The van der Waals surface area contributed by atoms with Crippen LogP contribution in [0.3, 0.4) is 0 Å². The van der Waals surface area contributed by atoms with Crippen LogP contribution < -0.4 is 0 Å². The highest BCUT2D eigenvalue weighted by Gasteiger charge is 3.08. The molecule has 5 saturated carbocycles. The van der Waals surface area contributed by atoms with Gasteiger partial charge in [0.05, 0.1) is 5.70 Å². The van der Waals surface area contributed by atoms with Crippen LogP contribution in [0.1, 0.15) is 66.2 Å². The minimum absolute atomic E-state index is 0.407. The zero-order valence-electron chi connectivity index (χ0n) is 15.1. The molecule has 5 fully saturated rings. The summed E-state index contributed by atoms with van der Waals surface area (Å²) in [5.41, 5.74) is 7.92. The highest BCUT2D eigenvalue weighted by molar-refractivity contribution is 5.84. The molecule has 6 aliphatic rings. The molecular formula is C22H29N. The van der Waals surface area contributed by atoms with E-state index in [1.807, 2.05) is 0 Å². The predicted molar refractivity (Wildman–Crippen MR) is 94.2 cm³/mol. The van der Waals surface area contributed by atoms with Gasteiger partial charge in [-0.1, -0.05) is 25.5 Å². The SMILES string of the molecule is CCC1=CC(C)=C(/N=C(\C)CC)C12C13CCC1C1C4CCC4C123. The number of nitrogens with zero attached hydrogens (tertiary/aromatic N) is 1. The molecule has 0 saturated heterocycles. The Labute approximate surface area is 140 Å². The molecule has 0 N–H and O–H groups in total. The number of hydrogen-bond acceptors (Lipinski definition) is 1. The van der Waals surface area contributed by atoms with Crippen LogP contribution in [0.4, 0.5) is 0 Å². The maximum absolute atomic E-state index is 5.28. The summed E-state index contributed by atoms with van der Waals surface area (Å²) in [5.74, 6) is 4.33. The molecule has 0 amide bonds. The lowest BCUT2D eigenvalue weighted by molar-refractivity contribution is -0.288. The fourth-order valence-corrected chi connectivity index (χ4v) is 9.09. The molecule has 0 aliphatic heterocycles. The largest absolute Gasteiger partial charge is 0.261 e. The minimum Gasteiger partial charge on any atom is -0.261 e. The molecule has 122 valence electrons. The second kappa shape index (κ2) is 3.55. The van der Waals surface area contributed by atoms with Crippen molar-refractivity contribution in [1.29, 1.82) is 0 Å². The molecule has 0 aromatic rings. The van der Waals surface area contributed by atoms with Crippen molar-refractivity contribution in [2.45, 2.75) is 66.2 Å². The van der Waals surface area contributed by atoms with Crippen molar-refractivity contribution in [2.75, 3.05) is 0 Å². The van der Waals surface area contributed by atoms with E-state index in [2.05, 4.69) is 33.8 Å². The number of hydrogen-bond donors (Lipinski definition) is 0. The predicted octanol–water partition coefficient (Wildman–Crippen LogP) is 5.53. The van der Waals surface area contributed by atoms with Crippen LogP contribution in [-0.4, -0.2) is 5.71 Å². The fraction of sp³-hybridized carbons (Fsp3) is 0.773. The summed E-state index contributed by atoms with van der Waals surface area (Å²) in [7, 11) is 0. The summed E-state index contributed by atoms with van der Waals surface area (Å²) >= 11 is 0. The zero-order chi connectivity index (χ0) is 15.8. The van der Waals surface area contributed by atoms with E-state index in [0.717, 1.165) is 30.1 Å². The van der Waals surface area contributed by atoms with Crippen molar-refractivity contribution in [3.63, 3.8) is 0 Å². The van der Waals surface area contributed by atoms with Gasteiger partial charge in [0.25, 0.3) is 0 Å². The molecular weight excluding hydrogens is 278 g/mol. The average molecular weight is 307 g/mol. The van der Waals surface area contributed by atoms with Crippen LogP contribution in [0.2, 0.25) is 0 Å². The highest BCUT2D eigenvalue weighted by Crippen LogP contribution is 3.11. The second-order valence-electron chi connectivity index (χ2n) is 9.36. The lowest BCUT2D eigenvalue weighted by Gasteiger charge is -2.76. The van der Waals surface area contributed by atoms with Crippen LogP contribution in [0, 0.1) is 39.9 Å². The van der Waals surface area contributed by atoms with Gasteiger partial charge in [0.2, 0.25) is 0 Å². The first-order valence-electron chi connectivity index (χ1n) is 10.1. The average Bonchev–Trinajstić information content (AvgIpc) is 2.96. The van der Waals surface area contributed by atoms with Gasteiger partial charge in [0.15, 0.2) is 0 Å². The number of rotatable bonds is 3. The lowest BCUT2D eigenvalue weighted by atomic mass is 9.28. The van der Waals surface area contributed by atoms with Gasteiger partial charge in [-0.2, -0.15) is 0 Å². The second-order valence-corrected chi connectivity index (χ2v) is 9.36. The van der Waals surface area contributed by atoms with Gasteiger partial charge in [0.1, 0.15) is 0 Å². The Kier molecular flexibility index (Phi) is 2.08. The molecule has 6 rings (SSSR count). The standard InChI is InChI=1S/C22H29N/c1-5-13(4)23-19-12(3)11-14(6-2)21(19)20-10-9-17(20)18-15-7-8-16(15)22(18,20)21/h11,15-18H,5-10H2,1-4H3/b23-13+.